The molecule has 0 bridgehead atoms. The monoisotopic (exact) mass is 588 g/mol. The van der Waals surface area contributed by atoms with Crippen molar-refractivity contribution in [2.75, 3.05) is 32.1 Å². The molecule has 2 aromatic rings. The fourth-order valence-electron chi connectivity index (χ4n) is 4.36. The van der Waals surface area contributed by atoms with Gasteiger partial charge >= 0.3 is 5.97 Å². The van der Waals surface area contributed by atoms with Crippen molar-refractivity contribution in [1.82, 2.24) is 10.2 Å². The van der Waals surface area contributed by atoms with Gasteiger partial charge < -0.3 is 25.0 Å². The summed E-state index contributed by atoms with van der Waals surface area (Å²) in [6.07, 6.45) is 0. The van der Waals surface area contributed by atoms with Gasteiger partial charge in [-0.05, 0) is 46.9 Å². The number of ether oxygens (including phenoxy) is 1. The standard InChI is InChI=1S/C27H32N4O6.BrH/c1-15(32)31(14-24(34)35)21-8-7-16(9-20(21)27(2,3)4)22(33)13-30-12-17-10-23(37-6)19(26(36)29-5)11-18(17)25(30)28;/h7-11,28H,12-14H2,1-6H3,(H,29,36)(H,34,35);1H. The Morgan fingerprint density at radius 3 is 2.34 bits per heavy atom. The molecule has 0 atom stereocenters. The van der Waals surface area contributed by atoms with Crippen molar-refractivity contribution in [2.24, 2.45) is 0 Å². The molecule has 0 fully saturated rings. The van der Waals surface area contributed by atoms with Gasteiger partial charge in [0.2, 0.25) is 5.91 Å². The number of hydrogen-bond donors (Lipinski definition) is 3. The van der Waals surface area contributed by atoms with Crippen molar-refractivity contribution in [2.45, 2.75) is 39.7 Å². The second-order valence-corrected chi connectivity index (χ2v) is 9.90. The molecule has 10 nitrogen and oxygen atoms in total. The normalized spacial score (nSPS) is 12.4. The van der Waals surface area contributed by atoms with E-state index >= 15 is 0 Å². The molecule has 3 rings (SSSR count). The number of nitrogens with zero attached hydrogens (tertiary/aromatic N) is 2. The topological polar surface area (TPSA) is 140 Å². The number of halogens is 1. The zero-order chi connectivity index (χ0) is 27.7. The van der Waals surface area contributed by atoms with Crippen LogP contribution in [0.2, 0.25) is 0 Å². The summed E-state index contributed by atoms with van der Waals surface area (Å²) in [5, 5.41) is 20.5. The fourth-order valence-corrected chi connectivity index (χ4v) is 4.36. The molecule has 1 heterocycles. The molecule has 0 aromatic heterocycles. The number of anilines is 1. The van der Waals surface area contributed by atoms with Crippen molar-refractivity contribution in [3.63, 3.8) is 0 Å². The van der Waals surface area contributed by atoms with Crippen LogP contribution in [0, 0.1) is 5.41 Å². The van der Waals surface area contributed by atoms with Crippen LogP contribution in [0.15, 0.2) is 30.3 Å². The molecular weight excluding hydrogens is 556 g/mol. The Kier molecular flexibility index (Phi) is 9.44. The molecule has 2 amide bonds. The number of amides is 2. The van der Waals surface area contributed by atoms with E-state index in [0.717, 1.165) is 5.56 Å². The lowest BCUT2D eigenvalue weighted by atomic mass is 9.84. The summed E-state index contributed by atoms with van der Waals surface area (Å²) in [4.78, 5) is 51.9. The van der Waals surface area contributed by atoms with E-state index in [1.807, 2.05) is 20.8 Å². The van der Waals surface area contributed by atoms with E-state index < -0.39 is 23.8 Å². The Labute approximate surface area is 232 Å². The summed E-state index contributed by atoms with van der Waals surface area (Å²) >= 11 is 0. The minimum atomic E-state index is -1.14. The fraction of sp³-hybridized carbons (Fsp3) is 0.370. The van der Waals surface area contributed by atoms with E-state index in [1.165, 1.54) is 26.0 Å². The zero-order valence-corrected chi connectivity index (χ0v) is 24.0. The summed E-state index contributed by atoms with van der Waals surface area (Å²) in [7, 11) is 2.98. The molecule has 0 saturated heterocycles. The molecule has 0 radical (unpaired) electrons. The first kappa shape index (κ1) is 30.5. The first-order chi connectivity index (χ1) is 17.3. The summed E-state index contributed by atoms with van der Waals surface area (Å²) in [6, 6.07) is 8.18. The molecule has 0 saturated carbocycles. The van der Waals surface area contributed by atoms with E-state index in [2.05, 4.69) is 5.32 Å². The van der Waals surface area contributed by atoms with Gasteiger partial charge in [-0.2, -0.15) is 0 Å². The quantitative estimate of drug-likeness (QED) is 0.401. The first-order valence-electron chi connectivity index (χ1n) is 11.7. The number of amidine groups is 1. The highest BCUT2D eigenvalue weighted by Gasteiger charge is 2.30. The van der Waals surface area contributed by atoms with E-state index in [9.17, 15) is 24.3 Å². The number of methoxy groups -OCH3 is 1. The largest absolute Gasteiger partial charge is 0.496 e. The number of carboxylic acids is 1. The number of fused-ring (bicyclic) bond motifs is 1. The maximum atomic E-state index is 13.3. The number of benzene rings is 2. The summed E-state index contributed by atoms with van der Waals surface area (Å²) in [6.45, 7) is 6.81. The lowest BCUT2D eigenvalue weighted by Gasteiger charge is -2.29. The molecule has 0 unspecified atom stereocenters. The third-order valence-electron chi connectivity index (χ3n) is 6.25. The third-order valence-corrected chi connectivity index (χ3v) is 6.25. The van der Waals surface area contributed by atoms with Crippen LogP contribution in [0.5, 0.6) is 5.75 Å². The van der Waals surface area contributed by atoms with Crippen molar-refractivity contribution in [3.05, 3.63) is 58.1 Å². The molecule has 0 aliphatic carbocycles. The van der Waals surface area contributed by atoms with Crippen LogP contribution in [-0.2, 0) is 21.5 Å². The van der Waals surface area contributed by atoms with Crippen molar-refractivity contribution < 1.29 is 29.0 Å². The van der Waals surface area contributed by atoms with Gasteiger partial charge in [-0.3, -0.25) is 24.6 Å². The highest BCUT2D eigenvalue weighted by molar-refractivity contribution is 8.93. The highest BCUT2D eigenvalue weighted by Crippen LogP contribution is 2.34. The van der Waals surface area contributed by atoms with Gasteiger partial charge in [0, 0.05) is 37.3 Å². The average molecular weight is 589 g/mol. The average Bonchev–Trinajstić information content (AvgIpc) is 3.13. The maximum absolute atomic E-state index is 13.3. The van der Waals surface area contributed by atoms with E-state index in [0.29, 0.717) is 40.2 Å². The Morgan fingerprint density at radius 2 is 1.82 bits per heavy atom. The number of nitrogens with one attached hydrogen (secondary N) is 2. The Bertz CT molecular complexity index is 1300. The molecule has 11 heteroatoms. The van der Waals surface area contributed by atoms with Gasteiger partial charge in [0.05, 0.1) is 19.2 Å². The van der Waals surface area contributed by atoms with Crippen LogP contribution in [0.3, 0.4) is 0 Å². The number of carboxylic acid groups (broad SMARTS) is 1. The van der Waals surface area contributed by atoms with Crippen molar-refractivity contribution in [1.29, 1.82) is 5.41 Å². The number of aliphatic carboxylic acids is 1. The molecule has 3 N–H and O–H groups in total. The van der Waals surface area contributed by atoms with E-state index in [-0.39, 0.29) is 41.1 Å². The lowest BCUT2D eigenvalue weighted by molar-refractivity contribution is -0.136. The van der Waals surface area contributed by atoms with Crippen LogP contribution in [0.4, 0.5) is 5.69 Å². The third kappa shape index (κ3) is 6.21. The van der Waals surface area contributed by atoms with Gasteiger partial charge in [0.15, 0.2) is 5.78 Å². The summed E-state index contributed by atoms with van der Waals surface area (Å²) in [5.41, 5.74) is 2.65. The number of carbonyl (C=O) groups excluding carboxylic acids is 3. The van der Waals surface area contributed by atoms with Crippen LogP contribution in [0.25, 0.3) is 0 Å². The molecular formula is C27H33BrN4O6. The van der Waals surface area contributed by atoms with Gasteiger partial charge in [-0.15, -0.1) is 17.0 Å². The van der Waals surface area contributed by atoms with Gasteiger partial charge in [-0.25, -0.2) is 0 Å². The smallest absolute Gasteiger partial charge is 0.323 e. The van der Waals surface area contributed by atoms with Crippen molar-refractivity contribution >= 4 is 52.1 Å². The van der Waals surface area contributed by atoms with Gasteiger partial charge in [-0.1, -0.05) is 20.8 Å². The number of ketones is 1. The maximum Gasteiger partial charge on any atom is 0.323 e. The Balaban J connectivity index is 0.00000507. The Hall–Kier alpha value is -3.73. The van der Waals surface area contributed by atoms with E-state index in [4.69, 9.17) is 10.1 Å². The first-order valence-corrected chi connectivity index (χ1v) is 11.7. The molecule has 0 spiro atoms. The lowest BCUT2D eigenvalue weighted by Crippen LogP contribution is -2.36. The second kappa shape index (κ2) is 11.8. The molecule has 38 heavy (non-hydrogen) atoms. The van der Waals surface area contributed by atoms with E-state index in [1.54, 1.807) is 35.2 Å². The van der Waals surface area contributed by atoms with Crippen molar-refractivity contribution in [3.8, 4) is 5.75 Å². The molecule has 2 aromatic carbocycles. The number of Topliss-reactive ketones (excluding diaryl/α,β-unsaturated/α-hetero) is 1. The molecule has 1 aliphatic heterocycles. The molecule has 1 aliphatic rings. The summed E-state index contributed by atoms with van der Waals surface area (Å²) in [5.74, 6) is -1.60. The minimum absolute atomic E-state index is 0. The molecule has 204 valence electrons. The predicted molar refractivity (Wildman–Crippen MR) is 149 cm³/mol. The zero-order valence-electron chi connectivity index (χ0n) is 22.3. The van der Waals surface area contributed by atoms with Crippen LogP contribution in [-0.4, -0.2) is 66.7 Å². The number of carbonyl (C=O) groups is 4. The predicted octanol–water partition coefficient (Wildman–Crippen LogP) is 3.39. The second-order valence-electron chi connectivity index (χ2n) is 9.90. The van der Waals surface area contributed by atoms with Crippen LogP contribution in [0.1, 0.15) is 65.1 Å². The summed E-state index contributed by atoms with van der Waals surface area (Å²) < 4.78 is 5.35. The van der Waals surface area contributed by atoms with Gasteiger partial charge in [0.1, 0.15) is 18.1 Å². The number of rotatable bonds is 8. The SMILES string of the molecule is Br.CNC(=O)c1cc2c(cc1OC)CN(CC(=O)c1ccc(N(CC(=O)O)C(C)=O)c(C(C)(C)C)c1)C2=N. The Morgan fingerprint density at radius 1 is 1.16 bits per heavy atom. The van der Waals surface area contributed by atoms with Crippen LogP contribution < -0.4 is 15.0 Å². The van der Waals surface area contributed by atoms with Gasteiger partial charge in [0.25, 0.3) is 5.91 Å². The highest BCUT2D eigenvalue weighted by atomic mass is 79.9. The minimum Gasteiger partial charge on any atom is -0.496 e. The van der Waals surface area contributed by atoms with Crippen LogP contribution >= 0.6 is 17.0 Å². The number of hydrogen-bond acceptors (Lipinski definition) is 6.